The molecule has 4 rings (SSSR count). The topological polar surface area (TPSA) is 78.4 Å². The summed E-state index contributed by atoms with van der Waals surface area (Å²) in [7, 11) is 0. The Hall–Kier alpha value is -2.61. The third kappa shape index (κ3) is 2.90. The van der Waals surface area contributed by atoms with E-state index in [2.05, 4.69) is 20.2 Å². The molecule has 1 aromatic carbocycles. The summed E-state index contributed by atoms with van der Waals surface area (Å²) in [4.78, 5) is 39.0. The lowest BCUT2D eigenvalue weighted by atomic mass is 10.1. The number of carbonyl (C=O) groups is 2. The third-order valence-electron chi connectivity index (χ3n) is 4.69. The zero-order chi connectivity index (χ0) is 18.1. The standard InChI is InChI=1S/C18H19N5O2S/c1-18(15(24)21-13-5-2-3-6-14(13)26-18)16(25)22-9-11-23(12-10-22)17-19-7-4-8-20-17/h2-8H,9-12H2,1H3,(H,21,24). The highest BCUT2D eigenvalue weighted by atomic mass is 32.2. The van der Waals surface area contributed by atoms with Crippen molar-refractivity contribution in [1.82, 2.24) is 14.9 Å². The van der Waals surface area contributed by atoms with Crippen LogP contribution in [0, 0.1) is 0 Å². The molecule has 134 valence electrons. The largest absolute Gasteiger partial charge is 0.337 e. The number of amides is 2. The maximum atomic E-state index is 13.1. The molecule has 8 heteroatoms. The van der Waals surface area contributed by atoms with Crippen LogP contribution in [-0.2, 0) is 9.59 Å². The van der Waals surface area contributed by atoms with Gasteiger partial charge < -0.3 is 15.1 Å². The highest BCUT2D eigenvalue weighted by Gasteiger charge is 2.48. The SMILES string of the molecule is CC1(C(=O)N2CCN(c3ncccn3)CC2)Sc2ccccc2NC1=O. The first-order chi connectivity index (χ1) is 12.6. The van der Waals surface area contributed by atoms with Crippen molar-refractivity contribution >= 4 is 35.2 Å². The summed E-state index contributed by atoms with van der Waals surface area (Å²) in [5, 5.41) is 2.87. The van der Waals surface area contributed by atoms with Crippen LogP contribution in [0.1, 0.15) is 6.92 Å². The maximum Gasteiger partial charge on any atom is 0.250 e. The monoisotopic (exact) mass is 369 g/mol. The van der Waals surface area contributed by atoms with E-state index in [-0.39, 0.29) is 11.8 Å². The molecule has 2 amide bonds. The number of para-hydroxylation sites is 1. The summed E-state index contributed by atoms with van der Waals surface area (Å²) in [5.41, 5.74) is 0.763. The van der Waals surface area contributed by atoms with Gasteiger partial charge in [0, 0.05) is 43.5 Å². The van der Waals surface area contributed by atoms with Crippen LogP contribution in [-0.4, -0.2) is 57.6 Å². The lowest BCUT2D eigenvalue weighted by molar-refractivity contribution is -0.137. The average Bonchev–Trinajstić information content (AvgIpc) is 2.69. The number of benzene rings is 1. The fourth-order valence-corrected chi connectivity index (χ4v) is 4.35. The van der Waals surface area contributed by atoms with Crippen LogP contribution < -0.4 is 10.2 Å². The van der Waals surface area contributed by atoms with E-state index in [1.165, 1.54) is 11.8 Å². The second kappa shape index (κ2) is 6.60. The van der Waals surface area contributed by atoms with Crippen molar-refractivity contribution in [3.63, 3.8) is 0 Å². The third-order valence-corrected chi connectivity index (χ3v) is 6.04. The zero-order valence-electron chi connectivity index (χ0n) is 14.4. The Morgan fingerprint density at radius 2 is 1.81 bits per heavy atom. The van der Waals surface area contributed by atoms with Crippen molar-refractivity contribution < 1.29 is 9.59 Å². The Labute approximate surface area is 155 Å². The van der Waals surface area contributed by atoms with Crippen LogP contribution in [0.3, 0.4) is 0 Å². The fraction of sp³-hybridized carbons (Fsp3) is 0.333. The van der Waals surface area contributed by atoms with Crippen molar-refractivity contribution in [2.75, 3.05) is 36.4 Å². The average molecular weight is 369 g/mol. The van der Waals surface area contributed by atoms with E-state index in [4.69, 9.17) is 0 Å². The molecule has 0 radical (unpaired) electrons. The predicted octanol–water partition coefficient (Wildman–Crippen LogP) is 1.63. The van der Waals surface area contributed by atoms with Crippen molar-refractivity contribution in [3.8, 4) is 0 Å². The number of fused-ring (bicyclic) bond motifs is 1. The van der Waals surface area contributed by atoms with E-state index in [9.17, 15) is 9.59 Å². The molecule has 2 aliphatic rings. The van der Waals surface area contributed by atoms with Gasteiger partial charge in [0.2, 0.25) is 17.8 Å². The first-order valence-corrected chi connectivity index (χ1v) is 9.30. The molecular formula is C18H19N5O2S. The highest BCUT2D eigenvalue weighted by molar-refractivity contribution is 8.02. The molecule has 1 fully saturated rings. The van der Waals surface area contributed by atoms with Gasteiger partial charge in [-0.1, -0.05) is 23.9 Å². The number of anilines is 2. The Kier molecular flexibility index (Phi) is 4.28. The summed E-state index contributed by atoms with van der Waals surface area (Å²) < 4.78 is -1.15. The van der Waals surface area contributed by atoms with Gasteiger partial charge in [-0.2, -0.15) is 0 Å². The molecule has 1 saturated heterocycles. The molecular weight excluding hydrogens is 350 g/mol. The summed E-state index contributed by atoms with van der Waals surface area (Å²) >= 11 is 1.32. The van der Waals surface area contributed by atoms with E-state index in [1.54, 1.807) is 30.3 Å². The van der Waals surface area contributed by atoms with Gasteiger partial charge in [-0.25, -0.2) is 9.97 Å². The minimum Gasteiger partial charge on any atom is -0.337 e. The molecule has 0 spiro atoms. The number of aromatic nitrogens is 2. The normalized spacial score (nSPS) is 22.6. The lowest BCUT2D eigenvalue weighted by Gasteiger charge is -2.40. The highest BCUT2D eigenvalue weighted by Crippen LogP contribution is 2.43. The van der Waals surface area contributed by atoms with Crippen LogP contribution in [0.5, 0.6) is 0 Å². The summed E-state index contributed by atoms with van der Waals surface area (Å²) in [6.07, 6.45) is 3.42. The number of nitrogens with one attached hydrogen (secondary N) is 1. The fourth-order valence-electron chi connectivity index (χ4n) is 3.17. The number of hydrogen-bond donors (Lipinski definition) is 1. The van der Waals surface area contributed by atoms with Gasteiger partial charge in [-0.05, 0) is 25.1 Å². The molecule has 1 atom stereocenters. The lowest BCUT2D eigenvalue weighted by Crippen LogP contribution is -2.58. The van der Waals surface area contributed by atoms with Gasteiger partial charge in [0.05, 0.1) is 5.69 Å². The van der Waals surface area contributed by atoms with E-state index in [0.29, 0.717) is 32.1 Å². The molecule has 2 aromatic rings. The van der Waals surface area contributed by atoms with Crippen molar-refractivity contribution in [2.24, 2.45) is 0 Å². The smallest absolute Gasteiger partial charge is 0.250 e. The van der Waals surface area contributed by atoms with Gasteiger partial charge in [0.1, 0.15) is 0 Å². The number of nitrogens with zero attached hydrogens (tertiary/aromatic N) is 4. The maximum absolute atomic E-state index is 13.1. The van der Waals surface area contributed by atoms with Gasteiger partial charge >= 0.3 is 0 Å². The van der Waals surface area contributed by atoms with Crippen LogP contribution in [0.15, 0.2) is 47.6 Å². The van der Waals surface area contributed by atoms with Crippen LogP contribution >= 0.6 is 11.8 Å². The summed E-state index contributed by atoms with van der Waals surface area (Å²) in [5.74, 6) is 0.257. The minimum absolute atomic E-state index is 0.150. The summed E-state index contributed by atoms with van der Waals surface area (Å²) in [6.45, 7) is 4.09. The van der Waals surface area contributed by atoms with Crippen molar-refractivity contribution in [2.45, 2.75) is 16.6 Å². The molecule has 26 heavy (non-hydrogen) atoms. The quantitative estimate of drug-likeness (QED) is 0.811. The van der Waals surface area contributed by atoms with Crippen LogP contribution in [0.25, 0.3) is 0 Å². The van der Waals surface area contributed by atoms with Crippen molar-refractivity contribution in [3.05, 3.63) is 42.7 Å². The van der Waals surface area contributed by atoms with E-state index >= 15 is 0 Å². The van der Waals surface area contributed by atoms with Crippen molar-refractivity contribution in [1.29, 1.82) is 0 Å². The summed E-state index contributed by atoms with van der Waals surface area (Å²) in [6, 6.07) is 9.33. The Balaban J connectivity index is 1.47. The zero-order valence-corrected chi connectivity index (χ0v) is 15.2. The number of piperazine rings is 1. The Bertz CT molecular complexity index is 838. The molecule has 1 unspecified atom stereocenters. The predicted molar refractivity (Wildman–Crippen MR) is 100 cm³/mol. The van der Waals surface area contributed by atoms with Gasteiger partial charge in [0.25, 0.3) is 0 Å². The van der Waals surface area contributed by atoms with Gasteiger partial charge in [-0.15, -0.1) is 0 Å². The number of carbonyl (C=O) groups excluding carboxylic acids is 2. The van der Waals surface area contributed by atoms with Gasteiger partial charge in [0.15, 0.2) is 4.75 Å². The molecule has 3 heterocycles. The Morgan fingerprint density at radius 3 is 2.54 bits per heavy atom. The first-order valence-electron chi connectivity index (χ1n) is 8.49. The second-order valence-corrected chi connectivity index (χ2v) is 7.87. The first kappa shape index (κ1) is 16.8. The molecule has 1 N–H and O–H groups in total. The Morgan fingerprint density at radius 1 is 1.12 bits per heavy atom. The van der Waals surface area contributed by atoms with Crippen LogP contribution in [0.2, 0.25) is 0 Å². The van der Waals surface area contributed by atoms with E-state index in [1.807, 2.05) is 24.3 Å². The molecule has 0 aliphatic carbocycles. The molecule has 0 saturated carbocycles. The minimum atomic E-state index is -1.15. The van der Waals surface area contributed by atoms with Crippen LogP contribution in [0.4, 0.5) is 11.6 Å². The second-order valence-electron chi connectivity index (χ2n) is 6.41. The molecule has 0 bridgehead atoms. The van der Waals surface area contributed by atoms with E-state index in [0.717, 1.165) is 10.6 Å². The molecule has 7 nitrogen and oxygen atoms in total. The molecule has 2 aliphatic heterocycles. The molecule has 1 aromatic heterocycles. The number of thioether (sulfide) groups is 1. The number of rotatable bonds is 2. The van der Waals surface area contributed by atoms with Gasteiger partial charge in [-0.3, -0.25) is 9.59 Å². The number of hydrogen-bond acceptors (Lipinski definition) is 6. The van der Waals surface area contributed by atoms with E-state index < -0.39 is 4.75 Å².